The Labute approximate surface area is 167 Å². The molecule has 138 valence electrons. The van der Waals surface area contributed by atoms with Gasteiger partial charge in [-0.2, -0.15) is 0 Å². The summed E-state index contributed by atoms with van der Waals surface area (Å²) in [6.45, 7) is 1.44. The SMILES string of the molecule is C#CN=C/C(C(=O)c1ccccc1)=C(\C)NS(=O)(=O)c1ccc(Cl)c(Cl)c1. The van der Waals surface area contributed by atoms with E-state index in [9.17, 15) is 13.2 Å². The van der Waals surface area contributed by atoms with Gasteiger partial charge < -0.3 is 0 Å². The number of ketones is 1. The maximum atomic E-state index is 12.7. The second kappa shape index (κ2) is 8.87. The molecule has 0 saturated heterocycles. The van der Waals surface area contributed by atoms with Crippen LogP contribution < -0.4 is 4.72 Å². The molecule has 0 aliphatic heterocycles. The van der Waals surface area contributed by atoms with Gasteiger partial charge in [-0.25, -0.2) is 13.4 Å². The van der Waals surface area contributed by atoms with Crippen LogP contribution in [-0.2, 0) is 10.0 Å². The van der Waals surface area contributed by atoms with Gasteiger partial charge in [-0.05, 0) is 25.1 Å². The average molecular weight is 421 g/mol. The number of allylic oxidation sites excluding steroid dienone is 2. The van der Waals surface area contributed by atoms with E-state index in [1.807, 2.05) is 6.04 Å². The van der Waals surface area contributed by atoms with Gasteiger partial charge in [0, 0.05) is 17.3 Å². The maximum absolute atomic E-state index is 12.7. The first-order valence-corrected chi connectivity index (χ1v) is 9.77. The molecule has 0 heterocycles. The number of carbonyl (C=O) groups excluding carboxylic acids is 1. The topological polar surface area (TPSA) is 75.6 Å². The average Bonchev–Trinajstić information content (AvgIpc) is 2.64. The van der Waals surface area contributed by atoms with E-state index in [2.05, 4.69) is 9.71 Å². The lowest BCUT2D eigenvalue weighted by Crippen LogP contribution is -2.25. The molecule has 2 aromatic carbocycles. The minimum absolute atomic E-state index is 0.0165. The highest BCUT2D eigenvalue weighted by Crippen LogP contribution is 2.25. The number of halogens is 2. The highest BCUT2D eigenvalue weighted by Gasteiger charge is 2.20. The van der Waals surface area contributed by atoms with Crippen molar-refractivity contribution >= 4 is 45.2 Å². The lowest BCUT2D eigenvalue weighted by molar-refractivity contribution is 0.104. The molecular formula is C19H14Cl2N2O3S. The third-order valence-corrected chi connectivity index (χ3v) is 5.63. The van der Waals surface area contributed by atoms with Crippen LogP contribution in [0.25, 0.3) is 0 Å². The molecule has 0 atom stereocenters. The van der Waals surface area contributed by atoms with Crippen LogP contribution in [-0.4, -0.2) is 20.4 Å². The fourth-order valence-electron chi connectivity index (χ4n) is 2.13. The van der Waals surface area contributed by atoms with Crippen LogP contribution in [0.3, 0.4) is 0 Å². The fourth-order valence-corrected chi connectivity index (χ4v) is 3.65. The smallest absolute Gasteiger partial charge is 0.261 e. The third kappa shape index (κ3) is 5.20. The first-order chi connectivity index (χ1) is 12.8. The number of hydrogen-bond donors (Lipinski definition) is 1. The van der Waals surface area contributed by atoms with Crippen molar-refractivity contribution in [2.24, 2.45) is 4.99 Å². The molecule has 0 fully saturated rings. The molecule has 0 saturated carbocycles. The second-order valence-electron chi connectivity index (χ2n) is 5.30. The zero-order chi connectivity index (χ0) is 20.0. The molecule has 0 spiro atoms. The van der Waals surface area contributed by atoms with Crippen LogP contribution >= 0.6 is 23.2 Å². The summed E-state index contributed by atoms with van der Waals surface area (Å²) in [6, 6.07) is 14.3. The Morgan fingerprint density at radius 3 is 2.41 bits per heavy atom. The number of hydrogen-bond acceptors (Lipinski definition) is 4. The van der Waals surface area contributed by atoms with Gasteiger partial charge in [-0.15, -0.1) is 0 Å². The Morgan fingerprint density at radius 2 is 1.81 bits per heavy atom. The van der Waals surface area contributed by atoms with Crippen molar-refractivity contribution in [3.8, 4) is 12.5 Å². The Hall–Kier alpha value is -2.59. The molecule has 0 aliphatic rings. The molecule has 0 unspecified atom stereocenters. The number of aliphatic imine (C=N–C) groups is 1. The van der Waals surface area contributed by atoms with Crippen molar-refractivity contribution in [3.63, 3.8) is 0 Å². The summed E-state index contributed by atoms with van der Waals surface area (Å²) >= 11 is 11.7. The van der Waals surface area contributed by atoms with E-state index in [4.69, 9.17) is 29.6 Å². The van der Waals surface area contributed by atoms with Crippen molar-refractivity contribution in [1.29, 1.82) is 0 Å². The number of nitrogens with zero attached hydrogens (tertiary/aromatic N) is 1. The van der Waals surface area contributed by atoms with Gasteiger partial charge in [0.1, 0.15) is 0 Å². The fraction of sp³-hybridized carbons (Fsp3) is 0.0526. The highest BCUT2D eigenvalue weighted by molar-refractivity contribution is 7.89. The van der Waals surface area contributed by atoms with Gasteiger partial charge in [-0.3, -0.25) is 9.52 Å². The lowest BCUT2D eigenvalue weighted by Gasteiger charge is -2.12. The second-order valence-corrected chi connectivity index (χ2v) is 7.80. The predicted octanol–water partition coefficient (Wildman–Crippen LogP) is 4.09. The van der Waals surface area contributed by atoms with E-state index in [0.29, 0.717) is 5.56 Å². The highest BCUT2D eigenvalue weighted by atomic mass is 35.5. The molecule has 5 nitrogen and oxygen atoms in total. The molecule has 0 aromatic heterocycles. The van der Waals surface area contributed by atoms with E-state index in [1.54, 1.807) is 30.3 Å². The molecule has 27 heavy (non-hydrogen) atoms. The summed E-state index contributed by atoms with van der Waals surface area (Å²) in [5.74, 6) is -0.427. The van der Waals surface area contributed by atoms with Crippen molar-refractivity contribution in [2.75, 3.05) is 0 Å². The van der Waals surface area contributed by atoms with E-state index in [0.717, 1.165) is 6.21 Å². The number of benzene rings is 2. The quantitative estimate of drug-likeness (QED) is 0.330. The van der Waals surface area contributed by atoms with E-state index >= 15 is 0 Å². The molecular weight excluding hydrogens is 407 g/mol. The largest absolute Gasteiger partial charge is 0.288 e. The van der Waals surface area contributed by atoms with Crippen molar-refractivity contribution in [1.82, 2.24) is 4.72 Å². The molecule has 8 heteroatoms. The first-order valence-electron chi connectivity index (χ1n) is 7.53. The summed E-state index contributed by atoms with van der Waals surface area (Å²) in [5.41, 5.74) is 0.445. The van der Waals surface area contributed by atoms with Crippen molar-refractivity contribution < 1.29 is 13.2 Å². The number of rotatable bonds is 6. The summed E-state index contributed by atoms with van der Waals surface area (Å²) in [5, 5.41) is 0.319. The monoisotopic (exact) mass is 420 g/mol. The standard InChI is InChI=1S/C19H14Cl2N2O3S/c1-3-22-12-16(19(24)14-7-5-4-6-8-14)13(2)23-27(25,26)15-9-10-17(20)18(21)11-15/h1,4-12,23H,2H3/b16-13-,22-12?. The molecule has 1 N–H and O–H groups in total. The Morgan fingerprint density at radius 1 is 1.15 bits per heavy atom. The number of sulfonamides is 1. The van der Waals surface area contributed by atoms with Gasteiger partial charge in [0.15, 0.2) is 5.78 Å². The normalized spacial score (nSPS) is 12.4. The van der Waals surface area contributed by atoms with Gasteiger partial charge >= 0.3 is 0 Å². The van der Waals surface area contributed by atoms with Crippen LogP contribution in [0, 0.1) is 12.5 Å². The van der Waals surface area contributed by atoms with Crippen LogP contribution in [0.15, 0.2) is 69.7 Å². The van der Waals surface area contributed by atoms with E-state index < -0.39 is 15.8 Å². The van der Waals surface area contributed by atoms with Crippen molar-refractivity contribution in [2.45, 2.75) is 11.8 Å². The number of carbonyl (C=O) groups is 1. The molecule has 2 aromatic rings. The molecule has 0 amide bonds. The molecule has 0 bridgehead atoms. The molecule has 2 rings (SSSR count). The zero-order valence-corrected chi connectivity index (χ0v) is 16.4. The minimum atomic E-state index is -4.00. The summed E-state index contributed by atoms with van der Waals surface area (Å²) in [7, 11) is -4.00. The first kappa shape index (κ1) is 20.7. The zero-order valence-electron chi connectivity index (χ0n) is 14.1. The van der Waals surface area contributed by atoms with E-state index in [1.165, 1.54) is 25.1 Å². The Bertz CT molecular complexity index is 1070. The number of terminal acetylenes is 1. The molecule has 0 aliphatic carbocycles. The Balaban J connectivity index is 2.46. The summed E-state index contributed by atoms with van der Waals surface area (Å²) in [6.07, 6.45) is 6.26. The van der Waals surface area contributed by atoms with Crippen LogP contribution in [0.4, 0.5) is 0 Å². The van der Waals surface area contributed by atoms with E-state index in [-0.39, 0.29) is 26.2 Å². The lowest BCUT2D eigenvalue weighted by atomic mass is 10.0. The molecule has 0 radical (unpaired) electrons. The maximum Gasteiger partial charge on any atom is 0.261 e. The number of nitrogens with one attached hydrogen (secondary N) is 1. The van der Waals surface area contributed by atoms with Crippen LogP contribution in [0.5, 0.6) is 0 Å². The van der Waals surface area contributed by atoms with Gasteiger partial charge in [0.2, 0.25) is 0 Å². The van der Waals surface area contributed by atoms with Gasteiger partial charge in [0.05, 0.1) is 26.7 Å². The minimum Gasteiger partial charge on any atom is -0.288 e. The van der Waals surface area contributed by atoms with Crippen molar-refractivity contribution in [3.05, 3.63) is 75.4 Å². The summed E-state index contributed by atoms with van der Waals surface area (Å²) < 4.78 is 27.5. The van der Waals surface area contributed by atoms with Gasteiger partial charge in [0.25, 0.3) is 10.0 Å². The van der Waals surface area contributed by atoms with Gasteiger partial charge in [-0.1, -0.05) is 60.0 Å². The third-order valence-electron chi connectivity index (χ3n) is 3.44. The van der Waals surface area contributed by atoms with Crippen LogP contribution in [0.2, 0.25) is 10.0 Å². The van der Waals surface area contributed by atoms with Crippen LogP contribution in [0.1, 0.15) is 17.3 Å². The Kier molecular flexibility index (Phi) is 6.81. The number of Topliss-reactive ketones (excluding diaryl/α,β-unsaturated/α-hetero) is 1. The predicted molar refractivity (Wildman–Crippen MR) is 108 cm³/mol. The summed E-state index contributed by atoms with van der Waals surface area (Å²) in [4.78, 5) is 16.2.